The van der Waals surface area contributed by atoms with Crippen molar-refractivity contribution in [3.63, 3.8) is 0 Å². The van der Waals surface area contributed by atoms with Crippen molar-refractivity contribution in [2.45, 2.75) is 39.9 Å². The van der Waals surface area contributed by atoms with Crippen LogP contribution in [0.3, 0.4) is 0 Å². The first kappa shape index (κ1) is 15.4. The molecule has 0 aliphatic carbocycles. The van der Waals surface area contributed by atoms with Crippen LogP contribution >= 0.6 is 0 Å². The van der Waals surface area contributed by atoms with Gasteiger partial charge in [-0.3, -0.25) is 0 Å². The molecular weight excluding hydrogens is 271 g/mol. The minimum atomic E-state index is -0.254. The number of rotatable bonds is 7. The fraction of sp³-hybridized carbons (Fsp3) is 0.467. The third kappa shape index (κ3) is 4.82. The molecule has 1 N–H and O–H groups in total. The van der Waals surface area contributed by atoms with Gasteiger partial charge in [0.2, 0.25) is 0 Å². The van der Waals surface area contributed by atoms with E-state index in [-0.39, 0.29) is 5.82 Å². The van der Waals surface area contributed by atoms with E-state index in [0.29, 0.717) is 37.1 Å². The molecule has 2 aromatic rings. The Bertz CT molecular complexity index is 583. The molecule has 0 amide bonds. The summed E-state index contributed by atoms with van der Waals surface area (Å²) >= 11 is 0. The van der Waals surface area contributed by atoms with Crippen molar-refractivity contribution in [3.05, 3.63) is 41.5 Å². The maximum Gasteiger partial charge on any atom is 0.129 e. The lowest BCUT2D eigenvalue weighted by Gasteiger charge is -2.07. The Kier molecular flexibility index (Phi) is 5.27. The Labute approximate surface area is 124 Å². The molecule has 0 bridgehead atoms. The van der Waals surface area contributed by atoms with Crippen LogP contribution in [-0.2, 0) is 13.1 Å². The van der Waals surface area contributed by atoms with Crippen molar-refractivity contribution in [2.24, 2.45) is 0 Å². The number of ether oxygens (including phenoxy) is 1. The molecule has 2 rings (SSSR count). The summed E-state index contributed by atoms with van der Waals surface area (Å²) in [6.45, 7) is 7.58. The van der Waals surface area contributed by atoms with E-state index in [1.807, 2.05) is 6.20 Å². The zero-order valence-corrected chi connectivity index (χ0v) is 12.6. The number of aromatic nitrogens is 3. The standard InChI is InChI=1S/C15H21FN4O/c1-11(2)17-9-13-10-20(19-18-13)6-7-21-14-5-4-12(3)15(16)8-14/h4-5,8,10-11,17H,6-7,9H2,1-3H3. The first-order chi connectivity index (χ1) is 10.0. The lowest BCUT2D eigenvalue weighted by Crippen LogP contribution is -2.21. The lowest BCUT2D eigenvalue weighted by molar-refractivity contribution is 0.288. The average Bonchev–Trinajstić information content (AvgIpc) is 2.88. The quantitative estimate of drug-likeness (QED) is 0.851. The van der Waals surface area contributed by atoms with Gasteiger partial charge in [-0.2, -0.15) is 0 Å². The highest BCUT2D eigenvalue weighted by atomic mass is 19.1. The number of aryl methyl sites for hydroxylation is 1. The summed E-state index contributed by atoms with van der Waals surface area (Å²) < 4.78 is 20.6. The van der Waals surface area contributed by atoms with Gasteiger partial charge in [0, 0.05) is 24.8 Å². The van der Waals surface area contributed by atoms with Crippen molar-refractivity contribution in [1.82, 2.24) is 20.3 Å². The summed E-state index contributed by atoms with van der Waals surface area (Å²) in [5.74, 6) is 0.273. The summed E-state index contributed by atoms with van der Waals surface area (Å²) in [5, 5.41) is 11.4. The van der Waals surface area contributed by atoms with E-state index in [1.54, 1.807) is 23.7 Å². The van der Waals surface area contributed by atoms with Crippen LogP contribution in [0.1, 0.15) is 25.1 Å². The molecule has 0 saturated heterocycles. The third-order valence-electron chi connectivity index (χ3n) is 3.01. The summed E-state index contributed by atoms with van der Waals surface area (Å²) in [4.78, 5) is 0. The van der Waals surface area contributed by atoms with Gasteiger partial charge in [0.05, 0.1) is 12.2 Å². The minimum Gasteiger partial charge on any atom is -0.492 e. The Morgan fingerprint density at radius 3 is 2.90 bits per heavy atom. The van der Waals surface area contributed by atoms with Crippen LogP contribution in [0.25, 0.3) is 0 Å². The minimum absolute atomic E-state index is 0.254. The van der Waals surface area contributed by atoms with Crippen LogP contribution in [0.15, 0.2) is 24.4 Å². The monoisotopic (exact) mass is 292 g/mol. The van der Waals surface area contributed by atoms with Gasteiger partial charge in [-0.05, 0) is 18.6 Å². The number of nitrogens with zero attached hydrogens (tertiary/aromatic N) is 3. The molecule has 0 aliphatic heterocycles. The van der Waals surface area contributed by atoms with Crippen LogP contribution in [0.4, 0.5) is 4.39 Å². The van der Waals surface area contributed by atoms with Crippen LogP contribution < -0.4 is 10.1 Å². The molecule has 0 aliphatic rings. The largest absolute Gasteiger partial charge is 0.492 e. The van der Waals surface area contributed by atoms with Gasteiger partial charge >= 0.3 is 0 Å². The molecular formula is C15H21FN4O. The normalized spacial score (nSPS) is 11.1. The van der Waals surface area contributed by atoms with Crippen LogP contribution in [-0.4, -0.2) is 27.6 Å². The molecule has 114 valence electrons. The zero-order valence-electron chi connectivity index (χ0n) is 12.6. The Morgan fingerprint density at radius 1 is 1.38 bits per heavy atom. The second-order valence-corrected chi connectivity index (χ2v) is 5.27. The van der Waals surface area contributed by atoms with Crippen molar-refractivity contribution < 1.29 is 9.13 Å². The maximum absolute atomic E-state index is 13.4. The molecule has 1 heterocycles. The van der Waals surface area contributed by atoms with Gasteiger partial charge < -0.3 is 10.1 Å². The second kappa shape index (κ2) is 7.17. The molecule has 0 atom stereocenters. The second-order valence-electron chi connectivity index (χ2n) is 5.27. The number of hydrogen-bond donors (Lipinski definition) is 1. The average molecular weight is 292 g/mol. The topological polar surface area (TPSA) is 52.0 Å². The number of halogens is 1. The van der Waals surface area contributed by atoms with E-state index in [0.717, 1.165) is 5.69 Å². The highest BCUT2D eigenvalue weighted by Gasteiger charge is 2.03. The predicted molar refractivity (Wildman–Crippen MR) is 78.6 cm³/mol. The summed E-state index contributed by atoms with van der Waals surface area (Å²) in [6, 6.07) is 5.28. The molecule has 21 heavy (non-hydrogen) atoms. The Balaban J connectivity index is 1.79. The fourth-order valence-corrected chi connectivity index (χ4v) is 1.76. The predicted octanol–water partition coefficient (Wildman–Crippen LogP) is 2.30. The number of hydrogen-bond acceptors (Lipinski definition) is 4. The smallest absolute Gasteiger partial charge is 0.129 e. The van der Waals surface area contributed by atoms with Gasteiger partial charge in [0.25, 0.3) is 0 Å². The molecule has 0 radical (unpaired) electrons. The first-order valence-corrected chi connectivity index (χ1v) is 7.06. The van der Waals surface area contributed by atoms with Gasteiger partial charge in [-0.15, -0.1) is 5.10 Å². The molecule has 0 spiro atoms. The maximum atomic E-state index is 13.4. The summed E-state index contributed by atoms with van der Waals surface area (Å²) in [6.07, 6.45) is 1.88. The molecule has 6 heteroatoms. The molecule has 1 aromatic heterocycles. The highest BCUT2D eigenvalue weighted by molar-refractivity contribution is 5.27. The van der Waals surface area contributed by atoms with E-state index >= 15 is 0 Å². The van der Waals surface area contributed by atoms with Crippen LogP contribution in [0, 0.1) is 12.7 Å². The van der Waals surface area contributed by atoms with Crippen molar-refractivity contribution in [2.75, 3.05) is 6.61 Å². The van der Waals surface area contributed by atoms with Crippen molar-refractivity contribution >= 4 is 0 Å². The third-order valence-corrected chi connectivity index (χ3v) is 3.01. The molecule has 1 aromatic carbocycles. The van der Waals surface area contributed by atoms with E-state index in [1.165, 1.54) is 6.07 Å². The van der Waals surface area contributed by atoms with E-state index in [9.17, 15) is 4.39 Å². The Hall–Kier alpha value is -1.95. The van der Waals surface area contributed by atoms with Gasteiger partial charge in [-0.1, -0.05) is 25.1 Å². The van der Waals surface area contributed by atoms with E-state index in [2.05, 4.69) is 29.5 Å². The molecule has 5 nitrogen and oxygen atoms in total. The van der Waals surface area contributed by atoms with Gasteiger partial charge in [0.1, 0.15) is 18.2 Å². The lowest BCUT2D eigenvalue weighted by atomic mass is 10.2. The molecule has 0 unspecified atom stereocenters. The highest BCUT2D eigenvalue weighted by Crippen LogP contribution is 2.15. The zero-order chi connectivity index (χ0) is 15.2. The van der Waals surface area contributed by atoms with Gasteiger partial charge in [-0.25, -0.2) is 9.07 Å². The molecule has 0 fully saturated rings. The van der Waals surface area contributed by atoms with Crippen molar-refractivity contribution in [1.29, 1.82) is 0 Å². The van der Waals surface area contributed by atoms with Crippen molar-refractivity contribution in [3.8, 4) is 5.75 Å². The van der Waals surface area contributed by atoms with Gasteiger partial charge in [0.15, 0.2) is 0 Å². The van der Waals surface area contributed by atoms with E-state index in [4.69, 9.17) is 4.74 Å². The fourth-order valence-electron chi connectivity index (χ4n) is 1.76. The number of nitrogens with one attached hydrogen (secondary N) is 1. The SMILES string of the molecule is Cc1ccc(OCCn2cc(CNC(C)C)nn2)cc1F. The number of benzene rings is 1. The first-order valence-electron chi connectivity index (χ1n) is 7.06. The summed E-state index contributed by atoms with van der Waals surface area (Å²) in [5.41, 5.74) is 1.51. The van der Waals surface area contributed by atoms with E-state index < -0.39 is 0 Å². The Morgan fingerprint density at radius 2 is 2.19 bits per heavy atom. The van der Waals surface area contributed by atoms with Crippen LogP contribution in [0.2, 0.25) is 0 Å². The van der Waals surface area contributed by atoms with Crippen LogP contribution in [0.5, 0.6) is 5.75 Å². The molecule has 0 saturated carbocycles. The summed E-state index contributed by atoms with van der Waals surface area (Å²) in [7, 11) is 0.